The van der Waals surface area contributed by atoms with Crippen molar-refractivity contribution in [2.75, 3.05) is 12.4 Å². The van der Waals surface area contributed by atoms with Crippen molar-refractivity contribution in [1.82, 2.24) is 15.0 Å². The van der Waals surface area contributed by atoms with Crippen LogP contribution in [0.3, 0.4) is 0 Å². The molecule has 2 heterocycles. The minimum atomic E-state index is -0.498. The summed E-state index contributed by atoms with van der Waals surface area (Å²) in [6.07, 6.45) is 0. The summed E-state index contributed by atoms with van der Waals surface area (Å²) in [5.74, 6) is 0.944. The summed E-state index contributed by atoms with van der Waals surface area (Å²) >= 11 is 0. The molecular weight excluding hydrogens is 438 g/mol. The van der Waals surface area contributed by atoms with Crippen LogP contribution < -0.4 is 15.8 Å². The Labute approximate surface area is 200 Å². The lowest BCUT2D eigenvalue weighted by Gasteiger charge is -2.14. The third kappa shape index (κ3) is 3.59. The molecule has 4 aromatic carbocycles. The van der Waals surface area contributed by atoms with Crippen molar-refractivity contribution < 1.29 is 9.53 Å². The van der Waals surface area contributed by atoms with Crippen LogP contribution in [0.2, 0.25) is 0 Å². The van der Waals surface area contributed by atoms with Crippen LogP contribution in [-0.2, 0) is 0 Å². The SMILES string of the molecule is COc1ccc2nc3ccccc3c(Nc3ccc(-c4nc5c(C(N)=O)cccc5[nH]4)cc3)c2c1. The average molecular weight is 460 g/mol. The molecule has 0 unspecified atom stereocenters. The summed E-state index contributed by atoms with van der Waals surface area (Å²) in [6.45, 7) is 0. The molecule has 4 N–H and O–H groups in total. The van der Waals surface area contributed by atoms with E-state index in [0.29, 0.717) is 16.9 Å². The molecule has 0 atom stereocenters. The van der Waals surface area contributed by atoms with Gasteiger partial charge in [-0.05, 0) is 60.7 Å². The van der Waals surface area contributed by atoms with Gasteiger partial charge in [-0.3, -0.25) is 4.79 Å². The summed E-state index contributed by atoms with van der Waals surface area (Å²) in [4.78, 5) is 24.5. The van der Waals surface area contributed by atoms with Gasteiger partial charge in [-0.1, -0.05) is 24.3 Å². The summed E-state index contributed by atoms with van der Waals surface area (Å²) in [6, 6.07) is 27.2. The fourth-order valence-corrected chi connectivity index (χ4v) is 4.36. The minimum absolute atomic E-state index is 0.398. The van der Waals surface area contributed by atoms with Crippen molar-refractivity contribution in [3.05, 3.63) is 90.5 Å². The number of fused-ring (bicyclic) bond motifs is 3. The molecule has 0 spiro atoms. The minimum Gasteiger partial charge on any atom is -0.497 e. The third-order valence-electron chi connectivity index (χ3n) is 6.09. The van der Waals surface area contributed by atoms with E-state index in [9.17, 15) is 4.79 Å². The first-order valence-electron chi connectivity index (χ1n) is 11.1. The number of hydrogen-bond acceptors (Lipinski definition) is 5. The van der Waals surface area contributed by atoms with Gasteiger partial charge in [-0.2, -0.15) is 0 Å². The van der Waals surface area contributed by atoms with E-state index in [0.717, 1.165) is 50.0 Å². The number of aromatic nitrogens is 3. The number of H-pyrrole nitrogens is 1. The fourth-order valence-electron chi connectivity index (χ4n) is 4.36. The van der Waals surface area contributed by atoms with Gasteiger partial charge >= 0.3 is 0 Å². The van der Waals surface area contributed by atoms with Gasteiger partial charge in [0.1, 0.15) is 17.1 Å². The number of methoxy groups -OCH3 is 1. The zero-order valence-corrected chi connectivity index (χ0v) is 18.9. The Morgan fingerprint density at radius 2 is 1.69 bits per heavy atom. The lowest BCUT2D eigenvalue weighted by Crippen LogP contribution is -2.11. The van der Waals surface area contributed by atoms with E-state index < -0.39 is 5.91 Å². The molecule has 0 radical (unpaired) electrons. The van der Waals surface area contributed by atoms with Crippen molar-refractivity contribution in [2.45, 2.75) is 0 Å². The number of ether oxygens (including phenoxy) is 1. The fraction of sp³-hybridized carbons (Fsp3) is 0.0357. The highest BCUT2D eigenvalue weighted by atomic mass is 16.5. The Morgan fingerprint density at radius 3 is 2.49 bits per heavy atom. The Hall–Kier alpha value is -4.91. The van der Waals surface area contributed by atoms with Gasteiger partial charge in [-0.15, -0.1) is 0 Å². The first kappa shape index (κ1) is 20.7. The number of imidazole rings is 1. The second kappa shape index (κ2) is 8.14. The summed E-state index contributed by atoms with van der Waals surface area (Å²) in [5, 5.41) is 5.58. The van der Waals surface area contributed by atoms with E-state index >= 15 is 0 Å². The molecule has 6 aromatic rings. The number of anilines is 2. The predicted molar refractivity (Wildman–Crippen MR) is 139 cm³/mol. The molecule has 170 valence electrons. The topological polar surface area (TPSA) is 106 Å². The largest absolute Gasteiger partial charge is 0.497 e. The van der Waals surface area contributed by atoms with Gasteiger partial charge in [0.25, 0.3) is 5.91 Å². The molecule has 1 amide bonds. The molecule has 0 bridgehead atoms. The maximum absolute atomic E-state index is 11.8. The normalized spacial score (nSPS) is 11.2. The molecular formula is C28H21N5O2. The zero-order valence-electron chi connectivity index (χ0n) is 18.9. The Morgan fingerprint density at radius 1 is 0.886 bits per heavy atom. The molecule has 7 heteroatoms. The van der Waals surface area contributed by atoms with Crippen LogP contribution in [0.25, 0.3) is 44.2 Å². The molecule has 0 fully saturated rings. The Bertz CT molecular complexity index is 1740. The highest BCUT2D eigenvalue weighted by molar-refractivity contribution is 6.09. The van der Waals surface area contributed by atoms with Crippen LogP contribution in [0.1, 0.15) is 10.4 Å². The van der Waals surface area contributed by atoms with E-state index in [-0.39, 0.29) is 0 Å². The van der Waals surface area contributed by atoms with Crippen molar-refractivity contribution in [2.24, 2.45) is 5.73 Å². The number of carbonyl (C=O) groups is 1. The number of amides is 1. The van der Waals surface area contributed by atoms with E-state index in [1.54, 1.807) is 19.2 Å². The number of aromatic amines is 1. The van der Waals surface area contributed by atoms with Gasteiger partial charge in [0.2, 0.25) is 0 Å². The Balaban J connectivity index is 1.40. The Kier molecular flexibility index (Phi) is 4.81. The monoisotopic (exact) mass is 459 g/mol. The lowest BCUT2D eigenvalue weighted by molar-refractivity contribution is 0.100. The number of nitrogens with zero attached hydrogens (tertiary/aromatic N) is 2. The second-order valence-electron chi connectivity index (χ2n) is 8.24. The number of hydrogen-bond donors (Lipinski definition) is 3. The highest BCUT2D eigenvalue weighted by Crippen LogP contribution is 2.35. The maximum Gasteiger partial charge on any atom is 0.250 e. The predicted octanol–water partition coefficient (Wildman–Crippen LogP) is 5.78. The molecule has 0 aliphatic rings. The zero-order chi connectivity index (χ0) is 23.9. The number of para-hydroxylation sites is 2. The number of carbonyl (C=O) groups excluding carboxylic acids is 1. The quantitative estimate of drug-likeness (QED) is 0.283. The summed E-state index contributed by atoms with van der Waals surface area (Å²) in [5.41, 5.74) is 11.8. The van der Waals surface area contributed by atoms with Gasteiger partial charge in [0.05, 0.1) is 34.9 Å². The molecule has 0 aliphatic heterocycles. The van der Waals surface area contributed by atoms with Crippen molar-refractivity contribution in [1.29, 1.82) is 0 Å². The van der Waals surface area contributed by atoms with Gasteiger partial charge in [-0.25, -0.2) is 9.97 Å². The number of nitrogens with one attached hydrogen (secondary N) is 2. The van der Waals surface area contributed by atoms with E-state index in [4.69, 9.17) is 15.5 Å². The molecule has 2 aromatic heterocycles. The third-order valence-corrected chi connectivity index (χ3v) is 6.09. The van der Waals surface area contributed by atoms with Gasteiger partial charge in [0.15, 0.2) is 0 Å². The number of primary amides is 1. The molecule has 35 heavy (non-hydrogen) atoms. The van der Waals surface area contributed by atoms with Crippen LogP contribution in [0.5, 0.6) is 5.75 Å². The molecule has 0 saturated carbocycles. The highest BCUT2D eigenvalue weighted by Gasteiger charge is 2.13. The van der Waals surface area contributed by atoms with Crippen LogP contribution >= 0.6 is 0 Å². The van der Waals surface area contributed by atoms with E-state index in [2.05, 4.69) is 21.4 Å². The first-order valence-corrected chi connectivity index (χ1v) is 11.1. The lowest BCUT2D eigenvalue weighted by atomic mass is 10.1. The van der Waals surface area contributed by atoms with Crippen LogP contribution in [-0.4, -0.2) is 28.0 Å². The van der Waals surface area contributed by atoms with Crippen molar-refractivity contribution in [3.63, 3.8) is 0 Å². The number of nitrogens with two attached hydrogens (primary N) is 1. The van der Waals surface area contributed by atoms with Crippen LogP contribution in [0.15, 0.2) is 84.9 Å². The van der Waals surface area contributed by atoms with Crippen molar-refractivity contribution in [3.8, 4) is 17.1 Å². The first-order chi connectivity index (χ1) is 17.1. The molecule has 0 saturated heterocycles. The van der Waals surface area contributed by atoms with Gasteiger partial charge in [0, 0.05) is 22.0 Å². The second-order valence-corrected chi connectivity index (χ2v) is 8.24. The van der Waals surface area contributed by atoms with Crippen molar-refractivity contribution >= 4 is 50.1 Å². The molecule has 6 rings (SSSR count). The maximum atomic E-state index is 11.8. The van der Waals surface area contributed by atoms with Crippen LogP contribution in [0.4, 0.5) is 11.4 Å². The molecule has 0 aliphatic carbocycles. The number of rotatable bonds is 5. The summed E-state index contributed by atoms with van der Waals surface area (Å²) in [7, 11) is 1.66. The average Bonchev–Trinajstić information content (AvgIpc) is 3.33. The standard InChI is InChI=1S/C28H21N5O2/c1-35-18-13-14-23-21(15-18)25(19-5-2-3-7-22(19)31-23)30-17-11-9-16(10-12-17)28-32-24-8-4-6-20(27(29)34)26(24)33-28/h2-15H,1H3,(H2,29,34)(H,30,31)(H,32,33). The molecule has 7 nitrogen and oxygen atoms in total. The van der Waals surface area contributed by atoms with E-state index in [1.165, 1.54) is 0 Å². The number of benzene rings is 4. The smallest absolute Gasteiger partial charge is 0.250 e. The summed E-state index contributed by atoms with van der Waals surface area (Å²) < 4.78 is 5.46. The number of pyridine rings is 1. The van der Waals surface area contributed by atoms with Crippen LogP contribution in [0, 0.1) is 0 Å². The van der Waals surface area contributed by atoms with Gasteiger partial charge < -0.3 is 20.8 Å². The van der Waals surface area contributed by atoms with E-state index in [1.807, 2.05) is 66.7 Å².